The molecule has 2 N–H and O–H groups in total. The Morgan fingerprint density at radius 3 is 2.80 bits per heavy atom. The molecule has 0 radical (unpaired) electrons. The van der Waals surface area contributed by atoms with Crippen LogP contribution < -0.4 is 10.6 Å². The summed E-state index contributed by atoms with van der Waals surface area (Å²) < 4.78 is 0. The summed E-state index contributed by atoms with van der Waals surface area (Å²) in [4.78, 5) is 0. The van der Waals surface area contributed by atoms with Gasteiger partial charge in [-0.2, -0.15) is 0 Å². The van der Waals surface area contributed by atoms with Gasteiger partial charge in [0.1, 0.15) is 0 Å². The van der Waals surface area contributed by atoms with Crippen molar-refractivity contribution in [3.05, 3.63) is 48.0 Å². The molecule has 1 atom stereocenters. The molecule has 2 heteroatoms. The van der Waals surface area contributed by atoms with E-state index in [4.69, 9.17) is 0 Å². The first kappa shape index (κ1) is 13.6. The molecule has 2 aromatic carbocycles. The van der Waals surface area contributed by atoms with Gasteiger partial charge < -0.3 is 10.6 Å². The van der Waals surface area contributed by atoms with E-state index in [9.17, 15) is 0 Å². The zero-order chi connectivity index (χ0) is 13.6. The Morgan fingerprint density at radius 2 is 1.95 bits per heavy atom. The zero-order valence-electron chi connectivity index (χ0n) is 12.1. The van der Waals surface area contributed by atoms with Crippen LogP contribution in [-0.4, -0.2) is 26.2 Å². The first-order valence-corrected chi connectivity index (χ1v) is 7.81. The topological polar surface area (TPSA) is 24.1 Å². The zero-order valence-corrected chi connectivity index (χ0v) is 12.1. The quantitative estimate of drug-likeness (QED) is 0.787. The molecule has 1 heterocycles. The molecule has 1 aliphatic rings. The van der Waals surface area contributed by atoms with Gasteiger partial charge in [-0.05, 0) is 67.7 Å². The predicted molar refractivity (Wildman–Crippen MR) is 86.1 cm³/mol. The van der Waals surface area contributed by atoms with E-state index < -0.39 is 0 Å². The molecule has 2 aromatic rings. The molecular formula is C18H24N2. The van der Waals surface area contributed by atoms with Crippen LogP contribution >= 0.6 is 0 Å². The number of nitrogens with one attached hydrogen (secondary N) is 2. The monoisotopic (exact) mass is 268 g/mol. The number of hydrogen-bond donors (Lipinski definition) is 2. The summed E-state index contributed by atoms with van der Waals surface area (Å²) in [7, 11) is 0. The van der Waals surface area contributed by atoms with Crippen LogP contribution in [0.3, 0.4) is 0 Å². The Balaban J connectivity index is 1.42. The Hall–Kier alpha value is -1.38. The molecule has 2 nitrogen and oxygen atoms in total. The van der Waals surface area contributed by atoms with E-state index in [0.717, 1.165) is 25.4 Å². The summed E-state index contributed by atoms with van der Waals surface area (Å²) in [5.41, 5.74) is 1.43. The third-order valence-corrected chi connectivity index (χ3v) is 4.30. The molecule has 0 bridgehead atoms. The average Bonchev–Trinajstić information content (AvgIpc) is 3.00. The van der Waals surface area contributed by atoms with Crippen molar-refractivity contribution in [2.45, 2.75) is 19.3 Å². The largest absolute Gasteiger partial charge is 0.316 e. The van der Waals surface area contributed by atoms with Gasteiger partial charge in [-0.3, -0.25) is 0 Å². The molecule has 0 amide bonds. The van der Waals surface area contributed by atoms with Crippen molar-refractivity contribution < 1.29 is 0 Å². The molecule has 20 heavy (non-hydrogen) atoms. The van der Waals surface area contributed by atoms with Crippen LogP contribution in [0.2, 0.25) is 0 Å². The molecule has 1 fully saturated rings. The summed E-state index contributed by atoms with van der Waals surface area (Å²) in [5, 5.41) is 9.69. The molecule has 1 saturated heterocycles. The minimum Gasteiger partial charge on any atom is -0.316 e. The normalized spacial score (nSPS) is 18.7. The van der Waals surface area contributed by atoms with Crippen molar-refractivity contribution >= 4 is 10.8 Å². The lowest BCUT2D eigenvalue weighted by atomic mass is 10.0. The fraction of sp³-hybridized carbons (Fsp3) is 0.444. The highest BCUT2D eigenvalue weighted by atomic mass is 14.9. The maximum atomic E-state index is 3.58. The van der Waals surface area contributed by atoms with Crippen LogP contribution in [0.15, 0.2) is 42.5 Å². The van der Waals surface area contributed by atoms with Gasteiger partial charge in [0.25, 0.3) is 0 Å². The smallest absolute Gasteiger partial charge is 0.000835 e. The van der Waals surface area contributed by atoms with Crippen LogP contribution in [0.1, 0.15) is 18.4 Å². The summed E-state index contributed by atoms with van der Waals surface area (Å²) >= 11 is 0. The van der Waals surface area contributed by atoms with Crippen LogP contribution in [0.5, 0.6) is 0 Å². The fourth-order valence-electron chi connectivity index (χ4n) is 3.02. The van der Waals surface area contributed by atoms with E-state index in [-0.39, 0.29) is 0 Å². The van der Waals surface area contributed by atoms with Crippen molar-refractivity contribution in [3.8, 4) is 0 Å². The highest BCUT2D eigenvalue weighted by Crippen LogP contribution is 2.15. The SMILES string of the molecule is c1ccc2cc(CCNCCC3CCNC3)ccc2c1. The molecule has 0 aliphatic carbocycles. The van der Waals surface area contributed by atoms with E-state index in [1.807, 2.05) is 0 Å². The Bertz CT molecular complexity index is 544. The van der Waals surface area contributed by atoms with E-state index in [2.05, 4.69) is 53.1 Å². The van der Waals surface area contributed by atoms with Gasteiger partial charge in [-0.25, -0.2) is 0 Å². The van der Waals surface area contributed by atoms with Gasteiger partial charge in [0.05, 0.1) is 0 Å². The molecule has 0 saturated carbocycles. The van der Waals surface area contributed by atoms with E-state index in [1.165, 1.54) is 42.3 Å². The summed E-state index contributed by atoms with van der Waals surface area (Å²) in [6.45, 7) is 4.66. The standard InChI is InChI=1S/C18H24N2/c1-2-4-18-13-15(5-6-17(18)3-1)7-10-19-11-8-16-9-12-20-14-16/h1-6,13,16,19-20H,7-12,14H2. The first-order valence-electron chi connectivity index (χ1n) is 7.81. The molecule has 0 spiro atoms. The number of fused-ring (bicyclic) bond motifs is 1. The van der Waals surface area contributed by atoms with Gasteiger partial charge in [0.15, 0.2) is 0 Å². The second kappa shape index (κ2) is 6.87. The van der Waals surface area contributed by atoms with E-state index >= 15 is 0 Å². The number of benzene rings is 2. The molecule has 106 valence electrons. The predicted octanol–water partition coefficient (Wildman–Crippen LogP) is 2.97. The van der Waals surface area contributed by atoms with Crippen molar-refractivity contribution in [1.29, 1.82) is 0 Å². The lowest BCUT2D eigenvalue weighted by molar-refractivity contribution is 0.501. The van der Waals surface area contributed by atoms with Crippen molar-refractivity contribution in [1.82, 2.24) is 10.6 Å². The third kappa shape index (κ3) is 3.59. The van der Waals surface area contributed by atoms with Crippen LogP contribution in [0, 0.1) is 5.92 Å². The van der Waals surface area contributed by atoms with Crippen molar-refractivity contribution in [2.24, 2.45) is 5.92 Å². The van der Waals surface area contributed by atoms with Crippen LogP contribution in [0.25, 0.3) is 10.8 Å². The first-order chi connectivity index (χ1) is 9.92. The minimum atomic E-state index is 0.892. The second-order valence-corrected chi connectivity index (χ2v) is 5.83. The molecular weight excluding hydrogens is 244 g/mol. The molecule has 3 rings (SSSR count). The van der Waals surface area contributed by atoms with Gasteiger partial charge in [0.2, 0.25) is 0 Å². The second-order valence-electron chi connectivity index (χ2n) is 5.83. The summed E-state index contributed by atoms with van der Waals surface area (Å²) in [5.74, 6) is 0.892. The Morgan fingerprint density at radius 1 is 1.05 bits per heavy atom. The van der Waals surface area contributed by atoms with Crippen LogP contribution in [-0.2, 0) is 6.42 Å². The lowest BCUT2D eigenvalue weighted by Gasteiger charge is -2.09. The van der Waals surface area contributed by atoms with Gasteiger partial charge in [-0.15, -0.1) is 0 Å². The van der Waals surface area contributed by atoms with E-state index in [1.54, 1.807) is 0 Å². The van der Waals surface area contributed by atoms with Crippen LogP contribution in [0.4, 0.5) is 0 Å². The van der Waals surface area contributed by atoms with Gasteiger partial charge in [-0.1, -0.05) is 42.5 Å². The minimum absolute atomic E-state index is 0.892. The van der Waals surface area contributed by atoms with Gasteiger partial charge in [0, 0.05) is 0 Å². The highest BCUT2D eigenvalue weighted by Gasteiger charge is 2.12. The number of hydrogen-bond acceptors (Lipinski definition) is 2. The summed E-state index contributed by atoms with van der Waals surface area (Å²) in [6.07, 6.45) is 3.78. The molecule has 0 aromatic heterocycles. The lowest BCUT2D eigenvalue weighted by Crippen LogP contribution is -2.21. The molecule has 1 aliphatic heterocycles. The molecule has 1 unspecified atom stereocenters. The third-order valence-electron chi connectivity index (χ3n) is 4.30. The fourth-order valence-corrected chi connectivity index (χ4v) is 3.02. The Kier molecular flexibility index (Phi) is 4.67. The van der Waals surface area contributed by atoms with Crippen molar-refractivity contribution in [2.75, 3.05) is 26.2 Å². The summed E-state index contributed by atoms with van der Waals surface area (Å²) in [6, 6.07) is 15.4. The highest BCUT2D eigenvalue weighted by molar-refractivity contribution is 5.82. The average molecular weight is 268 g/mol. The maximum absolute atomic E-state index is 3.58. The van der Waals surface area contributed by atoms with Gasteiger partial charge >= 0.3 is 0 Å². The number of rotatable bonds is 6. The maximum Gasteiger partial charge on any atom is -0.000835 e. The van der Waals surface area contributed by atoms with Crippen molar-refractivity contribution in [3.63, 3.8) is 0 Å². The Labute approximate surface area is 121 Å². The van der Waals surface area contributed by atoms with E-state index in [0.29, 0.717) is 0 Å².